The summed E-state index contributed by atoms with van der Waals surface area (Å²) in [7, 11) is 0. The molecule has 5 nitrogen and oxygen atoms in total. The van der Waals surface area contributed by atoms with Crippen LogP contribution < -0.4 is 10.6 Å². The molecule has 0 fully saturated rings. The van der Waals surface area contributed by atoms with E-state index in [0.29, 0.717) is 16.3 Å². The van der Waals surface area contributed by atoms with Gasteiger partial charge in [0.15, 0.2) is 0 Å². The predicted octanol–water partition coefficient (Wildman–Crippen LogP) is 2.53. The molecule has 1 aliphatic rings. The van der Waals surface area contributed by atoms with Crippen LogP contribution in [0.4, 0.5) is 4.79 Å². The Morgan fingerprint density at radius 3 is 2.60 bits per heavy atom. The van der Waals surface area contributed by atoms with Crippen LogP contribution in [0.1, 0.15) is 25.5 Å². The van der Waals surface area contributed by atoms with Crippen molar-refractivity contribution in [3.63, 3.8) is 0 Å². The lowest BCUT2D eigenvalue weighted by atomic mass is 9.96. The molecule has 0 spiro atoms. The number of ether oxygens (including phenoxy) is 1. The second-order valence-corrected chi connectivity index (χ2v) is 4.78. The molecule has 2 amide bonds. The van der Waals surface area contributed by atoms with Crippen LogP contribution in [0.5, 0.6) is 0 Å². The minimum Gasteiger partial charge on any atom is -0.463 e. The number of halogens is 1. The highest BCUT2D eigenvalue weighted by molar-refractivity contribution is 6.30. The van der Waals surface area contributed by atoms with E-state index in [9.17, 15) is 9.59 Å². The van der Waals surface area contributed by atoms with Crippen molar-refractivity contribution in [2.45, 2.75) is 19.9 Å². The highest BCUT2D eigenvalue weighted by Gasteiger charge is 2.31. The maximum absolute atomic E-state index is 12.1. The number of esters is 1. The number of hydrogen-bond acceptors (Lipinski definition) is 3. The van der Waals surface area contributed by atoms with E-state index in [-0.39, 0.29) is 12.6 Å². The average Bonchev–Trinajstić information content (AvgIpc) is 2.38. The third-order valence-electron chi connectivity index (χ3n) is 2.97. The molecule has 1 heterocycles. The van der Waals surface area contributed by atoms with Gasteiger partial charge in [-0.05, 0) is 31.5 Å². The van der Waals surface area contributed by atoms with E-state index in [1.54, 1.807) is 38.1 Å². The van der Waals surface area contributed by atoms with Gasteiger partial charge in [0, 0.05) is 10.7 Å². The Bertz CT molecular complexity index is 566. The van der Waals surface area contributed by atoms with Crippen LogP contribution in [-0.2, 0) is 9.53 Å². The van der Waals surface area contributed by atoms with Crippen LogP contribution in [0.2, 0.25) is 5.02 Å². The van der Waals surface area contributed by atoms with Gasteiger partial charge in [0.25, 0.3) is 0 Å². The zero-order valence-electron chi connectivity index (χ0n) is 11.2. The topological polar surface area (TPSA) is 67.4 Å². The summed E-state index contributed by atoms with van der Waals surface area (Å²) in [5, 5.41) is 5.89. The van der Waals surface area contributed by atoms with E-state index in [0.717, 1.165) is 5.56 Å². The van der Waals surface area contributed by atoms with Crippen molar-refractivity contribution >= 4 is 23.6 Å². The minimum atomic E-state index is -0.542. The molecule has 106 valence electrons. The van der Waals surface area contributed by atoms with Crippen LogP contribution in [0.15, 0.2) is 35.5 Å². The lowest BCUT2D eigenvalue weighted by Crippen LogP contribution is -2.45. The molecule has 0 radical (unpaired) electrons. The van der Waals surface area contributed by atoms with Crippen molar-refractivity contribution < 1.29 is 14.3 Å². The van der Waals surface area contributed by atoms with Crippen molar-refractivity contribution in [2.75, 3.05) is 6.61 Å². The van der Waals surface area contributed by atoms with E-state index in [1.807, 2.05) is 0 Å². The first-order valence-corrected chi connectivity index (χ1v) is 6.61. The zero-order valence-corrected chi connectivity index (χ0v) is 12.0. The summed E-state index contributed by atoms with van der Waals surface area (Å²) in [4.78, 5) is 23.7. The number of rotatable bonds is 3. The number of amides is 2. The van der Waals surface area contributed by atoms with Gasteiger partial charge in [-0.1, -0.05) is 23.7 Å². The Hall–Kier alpha value is -2.01. The Kier molecular flexibility index (Phi) is 4.29. The lowest BCUT2D eigenvalue weighted by molar-refractivity contribution is -0.139. The number of nitrogens with one attached hydrogen (secondary N) is 2. The fourth-order valence-corrected chi connectivity index (χ4v) is 2.20. The maximum Gasteiger partial charge on any atom is 0.338 e. The van der Waals surface area contributed by atoms with Crippen LogP contribution >= 0.6 is 11.6 Å². The maximum atomic E-state index is 12.1. The Balaban J connectivity index is 2.41. The van der Waals surface area contributed by atoms with Crippen molar-refractivity contribution in [3.8, 4) is 0 Å². The molecule has 0 aliphatic carbocycles. The first kappa shape index (κ1) is 14.4. The fraction of sp³-hybridized carbons (Fsp3) is 0.286. The molecular weight excluding hydrogens is 280 g/mol. The number of carbonyl (C=O) groups is 2. The van der Waals surface area contributed by atoms with Crippen molar-refractivity contribution in [1.82, 2.24) is 10.6 Å². The van der Waals surface area contributed by atoms with Gasteiger partial charge in [-0.25, -0.2) is 9.59 Å². The summed E-state index contributed by atoms with van der Waals surface area (Å²) in [5.74, 6) is -0.447. The quantitative estimate of drug-likeness (QED) is 0.842. The van der Waals surface area contributed by atoms with Crippen molar-refractivity contribution in [3.05, 3.63) is 46.1 Å². The second-order valence-electron chi connectivity index (χ2n) is 4.34. The molecule has 2 rings (SSSR count). The molecule has 0 aromatic heterocycles. The molecule has 1 aliphatic heterocycles. The number of benzene rings is 1. The number of hydrogen-bond donors (Lipinski definition) is 2. The molecule has 1 aromatic carbocycles. The Morgan fingerprint density at radius 2 is 2.00 bits per heavy atom. The van der Waals surface area contributed by atoms with Crippen molar-refractivity contribution in [1.29, 1.82) is 0 Å². The summed E-state index contributed by atoms with van der Waals surface area (Å²) in [6.07, 6.45) is 0. The van der Waals surface area contributed by atoms with Crippen LogP contribution in [0, 0.1) is 0 Å². The molecule has 2 N–H and O–H groups in total. The average molecular weight is 295 g/mol. The predicted molar refractivity (Wildman–Crippen MR) is 75.2 cm³/mol. The Labute approximate surface area is 121 Å². The van der Waals surface area contributed by atoms with Crippen LogP contribution in [0.3, 0.4) is 0 Å². The van der Waals surface area contributed by atoms with Gasteiger partial charge < -0.3 is 15.4 Å². The summed E-state index contributed by atoms with van der Waals surface area (Å²) >= 11 is 5.85. The molecule has 0 saturated heterocycles. The second kappa shape index (κ2) is 5.96. The van der Waals surface area contributed by atoms with Gasteiger partial charge in [-0.3, -0.25) is 0 Å². The van der Waals surface area contributed by atoms with Gasteiger partial charge >= 0.3 is 12.0 Å². The minimum absolute atomic E-state index is 0.275. The van der Waals surface area contributed by atoms with Crippen molar-refractivity contribution in [2.24, 2.45) is 0 Å². The normalized spacial score (nSPS) is 18.4. The van der Waals surface area contributed by atoms with E-state index >= 15 is 0 Å². The molecule has 1 aromatic rings. The standard InChI is InChI=1S/C14H15ClN2O3/c1-3-20-13(18)11-8(2)16-14(19)17-12(11)9-4-6-10(15)7-5-9/h4-7,12H,3H2,1-2H3,(H2,16,17,19)/t12-/m1/s1. The van der Waals surface area contributed by atoms with Crippen LogP contribution in [-0.4, -0.2) is 18.6 Å². The fourth-order valence-electron chi connectivity index (χ4n) is 2.08. The SMILES string of the molecule is CCOC(=O)C1=C(C)NC(=O)N[C@@H]1c1ccc(Cl)cc1. The summed E-state index contributed by atoms with van der Waals surface area (Å²) in [6, 6.07) is 6.07. The van der Waals surface area contributed by atoms with E-state index < -0.39 is 12.0 Å². The van der Waals surface area contributed by atoms with Gasteiger partial charge in [-0.15, -0.1) is 0 Å². The summed E-state index contributed by atoms with van der Waals surface area (Å²) in [6.45, 7) is 3.69. The zero-order chi connectivity index (χ0) is 14.7. The first-order valence-electron chi connectivity index (χ1n) is 6.23. The molecule has 0 bridgehead atoms. The van der Waals surface area contributed by atoms with Gasteiger partial charge in [0.05, 0.1) is 18.2 Å². The molecule has 6 heteroatoms. The van der Waals surface area contributed by atoms with E-state index in [1.165, 1.54) is 0 Å². The molecular formula is C14H15ClN2O3. The summed E-state index contributed by atoms with van der Waals surface area (Å²) in [5.41, 5.74) is 1.66. The smallest absolute Gasteiger partial charge is 0.338 e. The molecule has 0 unspecified atom stereocenters. The molecule has 20 heavy (non-hydrogen) atoms. The van der Waals surface area contributed by atoms with E-state index in [4.69, 9.17) is 16.3 Å². The largest absolute Gasteiger partial charge is 0.463 e. The van der Waals surface area contributed by atoms with Crippen LogP contribution in [0.25, 0.3) is 0 Å². The number of urea groups is 1. The monoisotopic (exact) mass is 294 g/mol. The number of allylic oxidation sites excluding steroid dienone is 1. The first-order chi connectivity index (χ1) is 9.52. The third-order valence-corrected chi connectivity index (χ3v) is 3.22. The van der Waals surface area contributed by atoms with Gasteiger partial charge in [-0.2, -0.15) is 0 Å². The molecule has 1 atom stereocenters. The Morgan fingerprint density at radius 1 is 1.35 bits per heavy atom. The summed E-state index contributed by atoms with van der Waals surface area (Å²) < 4.78 is 5.05. The highest BCUT2D eigenvalue weighted by Crippen LogP contribution is 2.28. The molecule has 0 saturated carbocycles. The van der Waals surface area contributed by atoms with Gasteiger partial charge in [0.1, 0.15) is 0 Å². The van der Waals surface area contributed by atoms with E-state index in [2.05, 4.69) is 10.6 Å². The third kappa shape index (κ3) is 2.93. The highest BCUT2D eigenvalue weighted by atomic mass is 35.5. The lowest BCUT2D eigenvalue weighted by Gasteiger charge is -2.28. The van der Waals surface area contributed by atoms with Gasteiger partial charge in [0.2, 0.25) is 0 Å². The number of carbonyl (C=O) groups excluding carboxylic acids is 2.